The van der Waals surface area contributed by atoms with Crippen molar-refractivity contribution in [2.75, 3.05) is 0 Å². The van der Waals surface area contributed by atoms with Crippen LogP contribution in [0, 0.1) is 12.3 Å². The van der Waals surface area contributed by atoms with E-state index in [1.54, 1.807) is 23.1 Å². The van der Waals surface area contributed by atoms with Crippen molar-refractivity contribution < 1.29 is 9.90 Å². The third kappa shape index (κ3) is 3.46. The van der Waals surface area contributed by atoms with Gasteiger partial charge >= 0.3 is 5.97 Å². The lowest BCUT2D eigenvalue weighted by molar-refractivity contribution is -0.149. The van der Waals surface area contributed by atoms with Crippen LogP contribution in [-0.2, 0) is 4.79 Å². The fourth-order valence-electron chi connectivity index (χ4n) is 5.13. The van der Waals surface area contributed by atoms with Gasteiger partial charge in [-0.3, -0.25) is 19.9 Å². The third-order valence-corrected chi connectivity index (χ3v) is 7.38. The molecule has 9 nitrogen and oxygen atoms in total. The molecule has 1 saturated carbocycles. The lowest BCUT2D eigenvalue weighted by Gasteiger charge is -2.33. The highest BCUT2D eigenvalue weighted by molar-refractivity contribution is 5.87. The van der Waals surface area contributed by atoms with Gasteiger partial charge in [-0.1, -0.05) is 6.07 Å². The van der Waals surface area contributed by atoms with E-state index in [4.69, 9.17) is 4.98 Å². The average molecular weight is 468 g/mol. The van der Waals surface area contributed by atoms with E-state index in [2.05, 4.69) is 25.3 Å². The molecular formula is C26H25N7O2. The molecule has 0 saturated heterocycles. The first-order valence-corrected chi connectivity index (χ1v) is 11.8. The number of rotatable bonds is 4. The maximum absolute atomic E-state index is 11.7. The molecule has 5 aromatic heterocycles. The summed E-state index contributed by atoms with van der Waals surface area (Å²) >= 11 is 0. The molecule has 2 N–H and O–H groups in total. The number of nitrogens with one attached hydrogen (secondary N) is 1. The zero-order valence-corrected chi connectivity index (χ0v) is 19.6. The second kappa shape index (κ2) is 7.97. The van der Waals surface area contributed by atoms with Crippen LogP contribution < -0.4 is 0 Å². The molecule has 0 spiro atoms. The highest BCUT2D eigenvalue weighted by Gasteiger charge is 2.39. The van der Waals surface area contributed by atoms with Gasteiger partial charge in [0.05, 0.1) is 28.4 Å². The summed E-state index contributed by atoms with van der Waals surface area (Å²) in [6.07, 6.45) is 9.98. The van der Waals surface area contributed by atoms with Gasteiger partial charge in [0.1, 0.15) is 0 Å². The van der Waals surface area contributed by atoms with Crippen LogP contribution in [0.1, 0.15) is 49.9 Å². The molecule has 5 aromatic rings. The van der Waals surface area contributed by atoms with E-state index in [9.17, 15) is 9.90 Å². The molecule has 0 atom stereocenters. The van der Waals surface area contributed by atoms with Crippen molar-refractivity contribution in [3.05, 3.63) is 60.4 Å². The van der Waals surface area contributed by atoms with Crippen molar-refractivity contribution in [3.8, 4) is 22.4 Å². The number of carboxylic acid groups (broad SMARTS) is 1. The zero-order valence-electron chi connectivity index (χ0n) is 19.6. The number of fused-ring (bicyclic) bond motifs is 3. The monoisotopic (exact) mass is 467 g/mol. The lowest BCUT2D eigenvalue weighted by Crippen LogP contribution is -2.32. The number of aryl methyl sites for hydroxylation is 1. The molecule has 5 heterocycles. The summed E-state index contributed by atoms with van der Waals surface area (Å²) in [5.74, 6) is -0.552. The van der Waals surface area contributed by atoms with Crippen molar-refractivity contribution >= 4 is 22.6 Å². The Morgan fingerprint density at radius 1 is 1.11 bits per heavy atom. The Morgan fingerprint density at radius 2 is 1.94 bits per heavy atom. The van der Waals surface area contributed by atoms with Crippen LogP contribution >= 0.6 is 0 Å². The first kappa shape index (κ1) is 21.4. The van der Waals surface area contributed by atoms with Gasteiger partial charge in [0.25, 0.3) is 0 Å². The predicted octanol–water partition coefficient (Wildman–Crippen LogP) is 4.79. The van der Waals surface area contributed by atoms with Crippen LogP contribution in [0.4, 0.5) is 0 Å². The van der Waals surface area contributed by atoms with Crippen molar-refractivity contribution in [2.45, 2.75) is 45.4 Å². The molecule has 6 rings (SSSR count). The van der Waals surface area contributed by atoms with E-state index >= 15 is 0 Å². The van der Waals surface area contributed by atoms with Crippen LogP contribution in [0.25, 0.3) is 39.1 Å². The van der Waals surface area contributed by atoms with Gasteiger partial charge in [-0.05, 0) is 57.7 Å². The van der Waals surface area contributed by atoms with Gasteiger partial charge in [0, 0.05) is 46.9 Å². The third-order valence-electron chi connectivity index (χ3n) is 7.38. The number of pyridine rings is 2. The number of aromatic nitrogens is 7. The fourth-order valence-corrected chi connectivity index (χ4v) is 5.13. The SMILES string of the molecule is Cc1[nH]nc2c1c(C1CCC(C)(C(=O)O)CC1)nc1c(-c3ccc(-c4cccnc4)nc3)cnn12. The maximum Gasteiger partial charge on any atom is 0.309 e. The van der Waals surface area contributed by atoms with Crippen molar-refractivity contribution in [2.24, 2.45) is 5.41 Å². The van der Waals surface area contributed by atoms with E-state index in [0.717, 1.165) is 63.3 Å². The second-order valence-corrected chi connectivity index (χ2v) is 9.65. The van der Waals surface area contributed by atoms with Gasteiger partial charge in [0.2, 0.25) is 0 Å². The average Bonchev–Trinajstić information content (AvgIpc) is 3.48. The Morgan fingerprint density at radius 3 is 2.63 bits per heavy atom. The molecular weight excluding hydrogens is 442 g/mol. The Hall–Kier alpha value is -4.14. The van der Waals surface area contributed by atoms with Gasteiger partial charge < -0.3 is 5.11 Å². The van der Waals surface area contributed by atoms with Crippen LogP contribution in [0.2, 0.25) is 0 Å². The highest BCUT2D eigenvalue weighted by atomic mass is 16.4. The number of aromatic amines is 1. The minimum atomic E-state index is -0.718. The van der Waals surface area contributed by atoms with Crippen molar-refractivity contribution in [1.82, 2.24) is 34.8 Å². The Kier molecular flexibility index (Phi) is 4.87. The summed E-state index contributed by atoms with van der Waals surface area (Å²) in [6, 6.07) is 7.87. The maximum atomic E-state index is 11.7. The number of H-pyrrole nitrogens is 1. The van der Waals surface area contributed by atoms with Gasteiger partial charge in [0.15, 0.2) is 11.3 Å². The van der Waals surface area contributed by atoms with E-state index in [1.807, 2.05) is 44.3 Å². The van der Waals surface area contributed by atoms with Crippen LogP contribution in [0.3, 0.4) is 0 Å². The lowest BCUT2D eigenvalue weighted by atomic mass is 9.70. The van der Waals surface area contributed by atoms with E-state index in [0.29, 0.717) is 12.8 Å². The number of hydrogen-bond donors (Lipinski definition) is 2. The zero-order chi connectivity index (χ0) is 24.2. The first-order chi connectivity index (χ1) is 16.9. The first-order valence-electron chi connectivity index (χ1n) is 11.8. The molecule has 0 bridgehead atoms. The summed E-state index contributed by atoms with van der Waals surface area (Å²) in [5.41, 5.74) is 6.30. The molecule has 0 unspecified atom stereocenters. The highest BCUT2D eigenvalue weighted by Crippen LogP contribution is 2.44. The molecule has 0 amide bonds. The van der Waals surface area contributed by atoms with E-state index in [-0.39, 0.29) is 5.92 Å². The topological polar surface area (TPSA) is 122 Å². The van der Waals surface area contributed by atoms with Crippen molar-refractivity contribution in [1.29, 1.82) is 0 Å². The van der Waals surface area contributed by atoms with Gasteiger partial charge in [-0.25, -0.2) is 4.98 Å². The van der Waals surface area contributed by atoms with Crippen molar-refractivity contribution in [3.63, 3.8) is 0 Å². The predicted molar refractivity (Wildman–Crippen MR) is 131 cm³/mol. The standard InChI is InChI=1S/C26H25N7O2/c1-15-21-22(16-7-9-26(2,10-8-16)25(34)35)30-23-19(14-29-33(23)24(21)32-31-15)17-5-6-20(28-13-17)18-4-3-11-27-12-18/h3-6,11-14,16H,7-10H2,1-2H3,(H,31,32)(H,34,35). The summed E-state index contributed by atoms with van der Waals surface area (Å²) in [4.78, 5) is 25.7. The Balaban J connectivity index is 1.43. The quantitative estimate of drug-likeness (QED) is 0.390. The molecule has 1 aliphatic carbocycles. The number of hydrogen-bond acceptors (Lipinski definition) is 6. The molecule has 0 aromatic carbocycles. The Labute approximate surface area is 201 Å². The molecule has 176 valence electrons. The molecule has 35 heavy (non-hydrogen) atoms. The number of carboxylic acids is 1. The summed E-state index contributed by atoms with van der Waals surface area (Å²) in [5, 5.41) is 22.9. The number of aliphatic carboxylic acids is 1. The van der Waals surface area contributed by atoms with Gasteiger partial charge in [-0.15, -0.1) is 0 Å². The van der Waals surface area contributed by atoms with Crippen LogP contribution in [-0.4, -0.2) is 45.8 Å². The molecule has 1 fully saturated rings. The molecule has 1 aliphatic rings. The smallest absolute Gasteiger partial charge is 0.309 e. The minimum Gasteiger partial charge on any atom is -0.481 e. The van der Waals surface area contributed by atoms with E-state index < -0.39 is 11.4 Å². The molecule has 0 radical (unpaired) electrons. The largest absolute Gasteiger partial charge is 0.481 e. The van der Waals surface area contributed by atoms with E-state index in [1.165, 1.54) is 0 Å². The molecule has 9 heteroatoms. The summed E-state index contributed by atoms with van der Waals surface area (Å²) in [7, 11) is 0. The number of carbonyl (C=O) groups is 1. The minimum absolute atomic E-state index is 0.167. The normalized spacial score (nSPS) is 20.5. The second-order valence-electron chi connectivity index (χ2n) is 9.65. The number of nitrogens with zero attached hydrogens (tertiary/aromatic N) is 6. The Bertz CT molecular complexity index is 1550. The molecule has 0 aliphatic heterocycles. The summed E-state index contributed by atoms with van der Waals surface area (Å²) in [6.45, 7) is 3.83. The summed E-state index contributed by atoms with van der Waals surface area (Å²) < 4.78 is 1.77. The van der Waals surface area contributed by atoms with Gasteiger partial charge in [-0.2, -0.15) is 14.7 Å². The van der Waals surface area contributed by atoms with Crippen LogP contribution in [0.5, 0.6) is 0 Å². The fraction of sp³-hybridized carbons (Fsp3) is 0.308. The van der Waals surface area contributed by atoms with Crippen LogP contribution in [0.15, 0.2) is 49.1 Å².